The Bertz CT molecular complexity index is 79.4. The molecule has 2 nitrogen and oxygen atoms in total. The molecule has 0 unspecified atom stereocenters. The van der Waals surface area contributed by atoms with Crippen LogP contribution in [0.4, 0.5) is 0 Å². The summed E-state index contributed by atoms with van der Waals surface area (Å²) < 4.78 is 0. The highest BCUT2D eigenvalue weighted by atomic mass is 35.5. The van der Waals surface area contributed by atoms with Gasteiger partial charge in [-0.15, -0.1) is 18.3 Å². The van der Waals surface area contributed by atoms with Crippen molar-refractivity contribution in [1.29, 1.82) is 0 Å². The summed E-state index contributed by atoms with van der Waals surface area (Å²) in [5.41, 5.74) is 0. The molecular formula is C4H7ClO2. The van der Waals surface area contributed by atoms with Crippen LogP contribution in [0.25, 0.3) is 0 Å². The highest BCUT2D eigenvalue weighted by molar-refractivity contribution is 5.85. The van der Waals surface area contributed by atoms with Gasteiger partial charge >= 0.3 is 0 Å². The van der Waals surface area contributed by atoms with Crippen LogP contribution < -0.4 is 0 Å². The SMILES string of the molecule is CC#CC(O)O.Cl. The molecule has 0 aliphatic rings. The standard InChI is InChI=1S/C4H6O2.ClH/c1-2-3-4(5)6;/h4-6H,1H3;1H. The molecule has 2 N–H and O–H groups in total. The Balaban J connectivity index is 0. The van der Waals surface area contributed by atoms with Gasteiger partial charge in [0.15, 0.2) is 0 Å². The van der Waals surface area contributed by atoms with E-state index in [1.807, 2.05) is 0 Å². The van der Waals surface area contributed by atoms with Gasteiger partial charge in [-0.25, -0.2) is 0 Å². The van der Waals surface area contributed by atoms with Crippen LogP contribution >= 0.6 is 12.4 Å². The van der Waals surface area contributed by atoms with Crippen LogP contribution in [0.5, 0.6) is 0 Å². The Morgan fingerprint density at radius 2 is 1.86 bits per heavy atom. The summed E-state index contributed by atoms with van der Waals surface area (Å²) in [4.78, 5) is 0. The van der Waals surface area contributed by atoms with E-state index in [9.17, 15) is 0 Å². The summed E-state index contributed by atoms with van der Waals surface area (Å²) in [7, 11) is 0. The number of aliphatic hydroxyl groups excluding tert-OH is 1. The van der Waals surface area contributed by atoms with Crippen molar-refractivity contribution in [2.24, 2.45) is 0 Å². The molecule has 0 amide bonds. The van der Waals surface area contributed by atoms with Crippen LogP contribution in [0.15, 0.2) is 0 Å². The number of rotatable bonds is 0. The molecule has 0 saturated heterocycles. The van der Waals surface area contributed by atoms with Crippen LogP contribution in [0.2, 0.25) is 0 Å². The summed E-state index contributed by atoms with van der Waals surface area (Å²) >= 11 is 0. The predicted molar refractivity (Wildman–Crippen MR) is 28.9 cm³/mol. The van der Waals surface area contributed by atoms with Gasteiger partial charge in [0, 0.05) is 0 Å². The van der Waals surface area contributed by atoms with Crippen molar-refractivity contribution in [1.82, 2.24) is 0 Å². The molecular weight excluding hydrogens is 115 g/mol. The molecule has 7 heavy (non-hydrogen) atoms. The second kappa shape index (κ2) is 5.77. The average molecular weight is 123 g/mol. The molecule has 0 atom stereocenters. The molecule has 0 rings (SSSR count). The Kier molecular flexibility index (Phi) is 8.17. The third-order valence-electron chi connectivity index (χ3n) is 0.273. The zero-order chi connectivity index (χ0) is 4.99. The summed E-state index contributed by atoms with van der Waals surface area (Å²) in [5, 5.41) is 15.9. The van der Waals surface area contributed by atoms with Gasteiger partial charge in [-0.2, -0.15) is 0 Å². The lowest BCUT2D eigenvalue weighted by atomic mass is 10.6. The first-order chi connectivity index (χ1) is 2.77. The molecule has 3 heteroatoms. The molecule has 0 aromatic rings. The van der Waals surface area contributed by atoms with Crippen molar-refractivity contribution in [3.8, 4) is 11.8 Å². The van der Waals surface area contributed by atoms with Crippen molar-refractivity contribution in [2.75, 3.05) is 0 Å². The van der Waals surface area contributed by atoms with Crippen molar-refractivity contribution in [2.45, 2.75) is 13.2 Å². The number of hydrogen-bond donors (Lipinski definition) is 2. The zero-order valence-corrected chi connectivity index (χ0v) is 4.70. The first-order valence-corrected chi connectivity index (χ1v) is 1.56. The van der Waals surface area contributed by atoms with Crippen molar-refractivity contribution in [3.05, 3.63) is 0 Å². The van der Waals surface area contributed by atoms with Gasteiger partial charge < -0.3 is 10.2 Å². The van der Waals surface area contributed by atoms with Crippen LogP contribution in [0, 0.1) is 11.8 Å². The van der Waals surface area contributed by atoms with Gasteiger partial charge in [-0.1, -0.05) is 0 Å². The zero-order valence-electron chi connectivity index (χ0n) is 3.88. The van der Waals surface area contributed by atoms with E-state index < -0.39 is 6.29 Å². The molecule has 0 radical (unpaired) electrons. The van der Waals surface area contributed by atoms with Crippen LogP contribution in [-0.2, 0) is 0 Å². The lowest BCUT2D eigenvalue weighted by molar-refractivity contribution is 0.0108. The topological polar surface area (TPSA) is 40.5 Å². The van der Waals surface area contributed by atoms with E-state index in [1.54, 1.807) is 6.92 Å². The van der Waals surface area contributed by atoms with E-state index >= 15 is 0 Å². The largest absolute Gasteiger partial charge is 0.358 e. The first kappa shape index (κ1) is 9.91. The Hall–Kier alpha value is -0.230. The van der Waals surface area contributed by atoms with Gasteiger partial charge in [0.25, 0.3) is 0 Å². The molecule has 0 aromatic carbocycles. The van der Waals surface area contributed by atoms with E-state index in [-0.39, 0.29) is 12.4 Å². The fourth-order valence-corrected chi connectivity index (χ4v) is 0.129. The molecule has 0 fully saturated rings. The molecule has 0 saturated carbocycles. The summed E-state index contributed by atoms with van der Waals surface area (Å²) in [6, 6.07) is 0. The molecule has 0 aromatic heterocycles. The number of hydrogen-bond acceptors (Lipinski definition) is 2. The lowest BCUT2D eigenvalue weighted by Gasteiger charge is -1.82. The fraction of sp³-hybridized carbons (Fsp3) is 0.500. The lowest BCUT2D eigenvalue weighted by Crippen LogP contribution is -1.97. The van der Waals surface area contributed by atoms with Gasteiger partial charge in [0.2, 0.25) is 6.29 Å². The number of aliphatic hydroxyl groups is 2. The summed E-state index contributed by atoms with van der Waals surface area (Å²) in [6.45, 7) is 1.54. The Morgan fingerprint density at radius 3 is 1.86 bits per heavy atom. The van der Waals surface area contributed by atoms with E-state index in [1.165, 1.54) is 0 Å². The normalized spacial score (nSPS) is 6.29. The minimum atomic E-state index is -1.46. The molecule has 0 bridgehead atoms. The molecule has 42 valence electrons. The average Bonchev–Trinajstić information content (AvgIpc) is 1.35. The molecule has 0 aliphatic heterocycles. The maximum atomic E-state index is 7.93. The van der Waals surface area contributed by atoms with Gasteiger partial charge in [0.05, 0.1) is 0 Å². The quantitative estimate of drug-likeness (QED) is 0.343. The number of halogens is 1. The van der Waals surface area contributed by atoms with Crippen molar-refractivity contribution >= 4 is 12.4 Å². The molecule has 0 heterocycles. The van der Waals surface area contributed by atoms with Crippen LogP contribution in [0.1, 0.15) is 6.92 Å². The van der Waals surface area contributed by atoms with Crippen molar-refractivity contribution < 1.29 is 10.2 Å². The van der Waals surface area contributed by atoms with E-state index in [2.05, 4.69) is 11.8 Å². The highest BCUT2D eigenvalue weighted by Gasteiger charge is 1.79. The smallest absolute Gasteiger partial charge is 0.217 e. The summed E-state index contributed by atoms with van der Waals surface area (Å²) in [6.07, 6.45) is -1.46. The van der Waals surface area contributed by atoms with E-state index in [4.69, 9.17) is 10.2 Å². The predicted octanol–water partition coefficient (Wildman–Crippen LogP) is -0.258. The highest BCUT2D eigenvalue weighted by Crippen LogP contribution is 1.63. The van der Waals surface area contributed by atoms with Crippen LogP contribution in [0.3, 0.4) is 0 Å². The van der Waals surface area contributed by atoms with Crippen molar-refractivity contribution in [3.63, 3.8) is 0 Å². The van der Waals surface area contributed by atoms with Gasteiger partial charge in [0.1, 0.15) is 0 Å². The summed E-state index contributed by atoms with van der Waals surface area (Å²) in [5.74, 6) is 4.39. The van der Waals surface area contributed by atoms with E-state index in [0.29, 0.717) is 0 Å². The minimum absolute atomic E-state index is 0. The Morgan fingerprint density at radius 1 is 1.43 bits per heavy atom. The minimum Gasteiger partial charge on any atom is -0.358 e. The second-order valence-corrected chi connectivity index (χ2v) is 0.768. The maximum absolute atomic E-state index is 7.93. The van der Waals surface area contributed by atoms with Crippen LogP contribution in [-0.4, -0.2) is 16.5 Å². The fourth-order valence-electron chi connectivity index (χ4n) is 0.129. The van der Waals surface area contributed by atoms with Gasteiger partial charge in [-0.05, 0) is 12.8 Å². The monoisotopic (exact) mass is 122 g/mol. The van der Waals surface area contributed by atoms with E-state index in [0.717, 1.165) is 0 Å². The third kappa shape index (κ3) is 10.7. The first-order valence-electron chi connectivity index (χ1n) is 1.56. The molecule has 0 spiro atoms. The second-order valence-electron chi connectivity index (χ2n) is 0.768. The Labute approximate surface area is 48.6 Å². The third-order valence-corrected chi connectivity index (χ3v) is 0.273. The maximum Gasteiger partial charge on any atom is 0.217 e. The van der Waals surface area contributed by atoms with Gasteiger partial charge in [-0.3, -0.25) is 0 Å². The molecule has 0 aliphatic carbocycles.